The van der Waals surface area contributed by atoms with Gasteiger partial charge in [-0.1, -0.05) is 0 Å². The molecule has 96 valence electrons. The Morgan fingerprint density at radius 3 is 2.78 bits per heavy atom. The zero-order chi connectivity index (χ0) is 13.0. The molecule has 0 unspecified atom stereocenters. The molecule has 0 amide bonds. The van der Waals surface area contributed by atoms with Crippen molar-refractivity contribution >= 4 is 21.6 Å². The van der Waals surface area contributed by atoms with E-state index in [1.54, 1.807) is 12.1 Å². The highest BCUT2D eigenvalue weighted by atomic mass is 79.9. The first-order valence-electron chi connectivity index (χ1n) is 6.06. The molecule has 18 heavy (non-hydrogen) atoms. The smallest absolute Gasteiger partial charge is 0.161 e. The molecule has 0 radical (unpaired) electrons. The van der Waals surface area contributed by atoms with Gasteiger partial charge in [0.05, 0.1) is 15.7 Å². The van der Waals surface area contributed by atoms with Gasteiger partial charge in [0.25, 0.3) is 0 Å². The molecule has 0 aromatic heterocycles. The van der Waals surface area contributed by atoms with Gasteiger partial charge in [-0.05, 0) is 54.0 Å². The number of nitrogens with one attached hydrogen (secondary N) is 1. The standard InChI is InChI=1S/C13H15BrFN3/c14-12-10(9-16)3-4-11(13(12)15)17-5-8-18-6-1-2-7-18/h3-4,17H,1-2,5-8H2. The Morgan fingerprint density at radius 2 is 2.11 bits per heavy atom. The maximum Gasteiger partial charge on any atom is 0.161 e. The van der Waals surface area contributed by atoms with Gasteiger partial charge in [0.2, 0.25) is 0 Å². The first-order chi connectivity index (χ1) is 8.72. The molecule has 3 nitrogen and oxygen atoms in total. The molecule has 1 fully saturated rings. The molecule has 0 atom stereocenters. The van der Waals surface area contributed by atoms with E-state index in [1.165, 1.54) is 12.8 Å². The summed E-state index contributed by atoms with van der Waals surface area (Å²) in [6.45, 7) is 3.93. The zero-order valence-corrected chi connectivity index (χ0v) is 11.6. The van der Waals surface area contributed by atoms with Gasteiger partial charge < -0.3 is 10.2 Å². The number of anilines is 1. The number of nitriles is 1. The Morgan fingerprint density at radius 1 is 1.39 bits per heavy atom. The molecular formula is C13H15BrFN3. The number of likely N-dealkylation sites (tertiary alicyclic amines) is 1. The second kappa shape index (κ2) is 6.17. The lowest BCUT2D eigenvalue weighted by molar-refractivity contribution is 0.352. The Labute approximate surface area is 115 Å². The van der Waals surface area contributed by atoms with E-state index in [1.807, 2.05) is 6.07 Å². The topological polar surface area (TPSA) is 39.1 Å². The molecule has 1 aliphatic heterocycles. The Hall–Kier alpha value is -1.12. The normalized spacial score (nSPS) is 15.6. The van der Waals surface area contributed by atoms with Crippen LogP contribution in [0.15, 0.2) is 16.6 Å². The molecule has 5 heteroatoms. The van der Waals surface area contributed by atoms with Gasteiger partial charge in [-0.2, -0.15) is 5.26 Å². The molecule has 1 aliphatic rings. The van der Waals surface area contributed by atoms with Gasteiger partial charge in [0.15, 0.2) is 5.82 Å². The Balaban J connectivity index is 1.93. The van der Waals surface area contributed by atoms with E-state index < -0.39 is 5.82 Å². The van der Waals surface area contributed by atoms with Gasteiger partial charge in [0.1, 0.15) is 6.07 Å². The molecule has 1 saturated heterocycles. The Kier molecular flexibility index (Phi) is 4.56. The minimum atomic E-state index is -0.393. The molecule has 1 aromatic carbocycles. The third kappa shape index (κ3) is 3.01. The number of hydrogen-bond donors (Lipinski definition) is 1. The van der Waals surface area contributed by atoms with E-state index in [0.717, 1.165) is 26.2 Å². The molecule has 0 aliphatic carbocycles. The van der Waals surface area contributed by atoms with Crippen LogP contribution in [0.5, 0.6) is 0 Å². The minimum Gasteiger partial charge on any atom is -0.381 e. The summed E-state index contributed by atoms with van der Waals surface area (Å²) in [7, 11) is 0. The van der Waals surface area contributed by atoms with E-state index in [2.05, 4.69) is 26.1 Å². The van der Waals surface area contributed by atoms with Crippen LogP contribution in [0.2, 0.25) is 0 Å². The lowest BCUT2D eigenvalue weighted by atomic mass is 10.2. The van der Waals surface area contributed by atoms with Crippen LogP contribution >= 0.6 is 15.9 Å². The summed E-state index contributed by atoms with van der Waals surface area (Å²) in [5.74, 6) is -0.393. The summed E-state index contributed by atoms with van der Waals surface area (Å²) in [6, 6.07) is 5.17. The maximum atomic E-state index is 13.9. The number of rotatable bonds is 4. The number of hydrogen-bond acceptors (Lipinski definition) is 3. The van der Waals surface area contributed by atoms with Crippen LogP contribution in [0.3, 0.4) is 0 Å². The maximum absolute atomic E-state index is 13.9. The minimum absolute atomic E-state index is 0.233. The summed E-state index contributed by atoms with van der Waals surface area (Å²) >= 11 is 3.10. The first kappa shape index (κ1) is 13.3. The fourth-order valence-corrected chi connectivity index (χ4v) is 2.56. The van der Waals surface area contributed by atoms with E-state index in [-0.39, 0.29) is 4.47 Å². The van der Waals surface area contributed by atoms with Crippen LogP contribution < -0.4 is 5.32 Å². The van der Waals surface area contributed by atoms with Crippen LogP contribution in [-0.4, -0.2) is 31.1 Å². The first-order valence-corrected chi connectivity index (χ1v) is 6.86. The summed E-state index contributed by atoms with van der Waals surface area (Å²) in [5.41, 5.74) is 0.762. The number of benzene rings is 1. The van der Waals surface area contributed by atoms with Gasteiger partial charge >= 0.3 is 0 Å². The number of halogens is 2. The summed E-state index contributed by atoms with van der Waals surface area (Å²) < 4.78 is 14.1. The predicted molar refractivity (Wildman–Crippen MR) is 73.0 cm³/mol. The Bertz CT molecular complexity index is 464. The van der Waals surface area contributed by atoms with Gasteiger partial charge in [-0.15, -0.1) is 0 Å². The largest absolute Gasteiger partial charge is 0.381 e. The van der Waals surface area contributed by atoms with E-state index in [0.29, 0.717) is 11.3 Å². The van der Waals surface area contributed by atoms with Crippen molar-refractivity contribution in [3.63, 3.8) is 0 Å². The summed E-state index contributed by atoms with van der Waals surface area (Å²) in [4.78, 5) is 2.36. The molecule has 1 N–H and O–H groups in total. The molecule has 0 bridgehead atoms. The van der Waals surface area contributed by atoms with E-state index in [9.17, 15) is 4.39 Å². The molecular weight excluding hydrogens is 297 g/mol. The van der Waals surface area contributed by atoms with Crippen molar-refractivity contribution in [2.75, 3.05) is 31.5 Å². The fraction of sp³-hybridized carbons (Fsp3) is 0.462. The van der Waals surface area contributed by atoms with Crippen LogP contribution in [0.1, 0.15) is 18.4 Å². The van der Waals surface area contributed by atoms with Crippen molar-refractivity contribution in [1.29, 1.82) is 5.26 Å². The summed E-state index contributed by atoms with van der Waals surface area (Å²) in [5, 5.41) is 11.9. The summed E-state index contributed by atoms with van der Waals surface area (Å²) in [6.07, 6.45) is 2.52. The average molecular weight is 312 g/mol. The molecule has 2 rings (SSSR count). The lowest BCUT2D eigenvalue weighted by Gasteiger charge is -2.16. The van der Waals surface area contributed by atoms with Crippen molar-refractivity contribution in [2.45, 2.75) is 12.8 Å². The third-order valence-electron chi connectivity index (χ3n) is 3.14. The predicted octanol–water partition coefficient (Wildman–Crippen LogP) is 2.97. The van der Waals surface area contributed by atoms with E-state index >= 15 is 0 Å². The van der Waals surface area contributed by atoms with Crippen LogP contribution in [0, 0.1) is 17.1 Å². The molecule has 1 heterocycles. The van der Waals surface area contributed by atoms with Crippen molar-refractivity contribution in [3.8, 4) is 6.07 Å². The van der Waals surface area contributed by atoms with Crippen molar-refractivity contribution in [3.05, 3.63) is 28.0 Å². The second-order valence-corrected chi connectivity index (χ2v) is 5.17. The van der Waals surface area contributed by atoms with Crippen LogP contribution in [-0.2, 0) is 0 Å². The van der Waals surface area contributed by atoms with Crippen molar-refractivity contribution in [1.82, 2.24) is 4.90 Å². The highest BCUT2D eigenvalue weighted by Gasteiger charge is 2.13. The third-order valence-corrected chi connectivity index (χ3v) is 3.92. The molecule has 0 spiro atoms. The van der Waals surface area contributed by atoms with Crippen molar-refractivity contribution < 1.29 is 4.39 Å². The second-order valence-electron chi connectivity index (χ2n) is 4.38. The van der Waals surface area contributed by atoms with E-state index in [4.69, 9.17) is 5.26 Å². The fourth-order valence-electron chi connectivity index (χ4n) is 2.13. The zero-order valence-electron chi connectivity index (χ0n) is 10.0. The van der Waals surface area contributed by atoms with Gasteiger partial charge in [0, 0.05) is 13.1 Å². The van der Waals surface area contributed by atoms with Crippen molar-refractivity contribution in [2.24, 2.45) is 0 Å². The van der Waals surface area contributed by atoms with Gasteiger partial charge in [-0.25, -0.2) is 4.39 Å². The number of nitrogens with zero attached hydrogens (tertiary/aromatic N) is 2. The lowest BCUT2D eigenvalue weighted by Crippen LogP contribution is -2.26. The average Bonchev–Trinajstić information content (AvgIpc) is 2.88. The van der Waals surface area contributed by atoms with Crippen LogP contribution in [0.25, 0.3) is 0 Å². The highest BCUT2D eigenvalue weighted by molar-refractivity contribution is 9.10. The van der Waals surface area contributed by atoms with Crippen LogP contribution in [0.4, 0.5) is 10.1 Å². The molecule has 1 aromatic rings. The SMILES string of the molecule is N#Cc1ccc(NCCN2CCCC2)c(F)c1Br. The monoisotopic (exact) mass is 311 g/mol. The van der Waals surface area contributed by atoms with Gasteiger partial charge in [-0.3, -0.25) is 0 Å². The highest BCUT2D eigenvalue weighted by Crippen LogP contribution is 2.26. The molecule has 0 saturated carbocycles. The quantitative estimate of drug-likeness (QED) is 0.929.